The van der Waals surface area contributed by atoms with Crippen LogP contribution in [0.4, 0.5) is 5.69 Å². The first-order chi connectivity index (χ1) is 14.2. The van der Waals surface area contributed by atoms with Crippen molar-refractivity contribution >= 4 is 44.5 Å². The summed E-state index contributed by atoms with van der Waals surface area (Å²) in [5.74, 6) is -0.418. The zero-order valence-electron chi connectivity index (χ0n) is 16.8. The molecule has 8 nitrogen and oxygen atoms in total. The molecule has 1 amide bonds. The van der Waals surface area contributed by atoms with E-state index in [4.69, 9.17) is 4.42 Å². The van der Waals surface area contributed by atoms with E-state index in [1.807, 2.05) is 25.3 Å². The highest BCUT2D eigenvalue weighted by Gasteiger charge is 2.26. The van der Waals surface area contributed by atoms with Gasteiger partial charge in [-0.1, -0.05) is 18.2 Å². The van der Waals surface area contributed by atoms with Crippen LogP contribution in [-0.2, 0) is 21.9 Å². The number of rotatable bonds is 8. The Morgan fingerprint density at radius 3 is 2.67 bits per heavy atom. The number of thioether (sulfide) groups is 1. The molecule has 0 radical (unpaired) electrons. The van der Waals surface area contributed by atoms with E-state index in [2.05, 4.69) is 10.0 Å². The van der Waals surface area contributed by atoms with Crippen LogP contribution in [0.2, 0.25) is 0 Å². The SMILES string of the molecule is CSCC[C@@H](NS(=O)(=O)c1ccc2c(c1)oc(=O)n2C)C(=O)Nc1ccccc1C. The van der Waals surface area contributed by atoms with Gasteiger partial charge in [0.1, 0.15) is 6.04 Å². The zero-order valence-corrected chi connectivity index (χ0v) is 18.5. The summed E-state index contributed by atoms with van der Waals surface area (Å²) in [6.07, 6.45) is 2.21. The first-order valence-electron chi connectivity index (χ1n) is 9.20. The van der Waals surface area contributed by atoms with Gasteiger partial charge in [0.25, 0.3) is 0 Å². The second-order valence-electron chi connectivity index (χ2n) is 6.82. The average molecular weight is 450 g/mol. The number of nitrogens with zero attached hydrogens (tertiary/aromatic N) is 1. The molecule has 10 heteroatoms. The van der Waals surface area contributed by atoms with Crippen molar-refractivity contribution in [3.05, 3.63) is 58.6 Å². The lowest BCUT2D eigenvalue weighted by molar-refractivity contribution is -0.117. The number of aryl methyl sites for hydroxylation is 2. The van der Waals surface area contributed by atoms with Gasteiger partial charge in [-0.3, -0.25) is 9.36 Å². The minimum atomic E-state index is -4.02. The lowest BCUT2D eigenvalue weighted by Crippen LogP contribution is -2.44. The monoisotopic (exact) mass is 449 g/mol. The first-order valence-corrected chi connectivity index (χ1v) is 12.1. The number of aromatic nitrogens is 1. The molecule has 2 N–H and O–H groups in total. The summed E-state index contributed by atoms with van der Waals surface area (Å²) in [5, 5.41) is 2.80. The molecule has 1 heterocycles. The number of para-hydroxylation sites is 1. The average Bonchev–Trinajstić information content (AvgIpc) is 3.00. The number of nitrogens with one attached hydrogen (secondary N) is 2. The molecular formula is C20H23N3O5S2. The number of hydrogen-bond acceptors (Lipinski definition) is 6. The Labute approximate surface area is 178 Å². The molecule has 0 fully saturated rings. The predicted molar refractivity (Wildman–Crippen MR) is 118 cm³/mol. The number of hydrogen-bond donors (Lipinski definition) is 2. The van der Waals surface area contributed by atoms with Gasteiger partial charge in [0.05, 0.1) is 10.4 Å². The van der Waals surface area contributed by atoms with Crippen LogP contribution in [0.3, 0.4) is 0 Å². The highest BCUT2D eigenvalue weighted by atomic mass is 32.2. The number of sulfonamides is 1. The van der Waals surface area contributed by atoms with Crippen molar-refractivity contribution in [2.45, 2.75) is 24.3 Å². The minimum Gasteiger partial charge on any atom is -0.408 e. The zero-order chi connectivity index (χ0) is 21.9. The van der Waals surface area contributed by atoms with E-state index in [1.165, 1.54) is 41.6 Å². The first kappa shape index (κ1) is 22.1. The highest BCUT2D eigenvalue weighted by molar-refractivity contribution is 7.98. The van der Waals surface area contributed by atoms with Gasteiger partial charge in [0.15, 0.2) is 5.58 Å². The molecule has 30 heavy (non-hydrogen) atoms. The molecule has 0 spiro atoms. The van der Waals surface area contributed by atoms with Gasteiger partial charge in [0, 0.05) is 18.8 Å². The Morgan fingerprint density at radius 1 is 1.23 bits per heavy atom. The number of benzene rings is 2. The van der Waals surface area contributed by atoms with Crippen LogP contribution in [0, 0.1) is 6.92 Å². The van der Waals surface area contributed by atoms with Gasteiger partial charge in [-0.15, -0.1) is 0 Å². The summed E-state index contributed by atoms with van der Waals surface area (Å²) in [5.41, 5.74) is 2.15. The molecule has 0 unspecified atom stereocenters. The lowest BCUT2D eigenvalue weighted by Gasteiger charge is -2.19. The van der Waals surface area contributed by atoms with Gasteiger partial charge in [-0.2, -0.15) is 16.5 Å². The highest BCUT2D eigenvalue weighted by Crippen LogP contribution is 2.19. The molecule has 0 saturated carbocycles. The number of anilines is 1. The van der Waals surface area contributed by atoms with Crippen molar-refractivity contribution in [1.29, 1.82) is 0 Å². The summed E-state index contributed by atoms with van der Waals surface area (Å²) in [6.45, 7) is 1.86. The third kappa shape index (κ3) is 4.77. The van der Waals surface area contributed by atoms with Crippen LogP contribution in [0.25, 0.3) is 11.1 Å². The molecular weight excluding hydrogens is 426 g/mol. The fourth-order valence-corrected chi connectivity index (χ4v) is 4.67. The van der Waals surface area contributed by atoms with E-state index in [0.29, 0.717) is 23.4 Å². The summed E-state index contributed by atoms with van der Waals surface area (Å²) < 4.78 is 34.7. The van der Waals surface area contributed by atoms with E-state index in [1.54, 1.807) is 12.1 Å². The Bertz CT molecular complexity index is 1230. The fraction of sp³-hybridized carbons (Fsp3) is 0.300. The van der Waals surface area contributed by atoms with E-state index in [-0.39, 0.29) is 10.5 Å². The maximum atomic E-state index is 12.9. The minimum absolute atomic E-state index is 0.0813. The van der Waals surface area contributed by atoms with Crippen LogP contribution in [-0.4, -0.2) is 36.9 Å². The van der Waals surface area contributed by atoms with Crippen molar-refractivity contribution < 1.29 is 17.6 Å². The standard InChI is InChI=1S/C20H23N3O5S2/c1-13-6-4-5-7-15(13)21-19(24)16(10-11-29-3)22-30(26,27)14-8-9-17-18(12-14)28-20(25)23(17)2/h4-9,12,16,22H,10-11H2,1-3H3,(H,21,24)/t16-/m1/s1. The summed E-state index contributed by atoms with van der Waals surface area (Å²) >= 11 is 1.52. The quantitative estimate of drug-likeness (QED) is 0.547. The number of carbonyl (C=O) groups excluding carboxylic acids is 1. The lowest BCUT2D eigenvalue weighted by atomic mass is 10.1. The molecule has 160 valence electrons. The predicted octanol–water partition coefficient (Wildman–Crippen LogP) is 2.48. The van der Waals surface area contributed by atoms with E-state index in [9.17, 15) is 18.0 Å². The molecule has 0 aliphatic rings. The van der Waals surface area contributed by atoms with E-state index in [0.717, 1.165) is 5.56 Å². The summed E-state index contributed by atoms with van der Waals surface area (Å²) in [6, 6.07) is 10.5. The number of amides is 1. The topological polar surface area (TPSA) is 110 Å². The Morgan fingerprint density at radius 2 is 1.97 bits per heavy atom. The van der Waals surface area contributed by atoms with Crippen LogP contribution < -0.4 is 15.8 Å². The molecule has 2 aromatic carbocycles. The number of fused-ring (bicyclic) bond motifs is 1. The van der Waals surface area contributed by atoms with Gasteiger partial charge < -0.3 is 9.73 Å². The molecule has 0 aliphatic heterocycles. The van der Waals surface area contributed by atoms with Gasteiger partial charge >= 0.3 is 5.76 Å². The summed E-state index contributed by atoms with van der Waals surface area (Å²) in [4.78, 5) is 24.4. The van der Waals surface area contributed by atoms with Crippen molar-refractivity contribution in [3.8, 4) is 0 Å². The molecule has 1 atom stereocenters. The van der Waals surface area contributed by atoms with E-state index < -0.39 is 27.7 Å². The van der Waals surface area contributed by atoms with Crippen molar-refractivity contribution in [2.75, 3.05) is 17.3 Å². The van der Waals surface area contributed by atoms with Gasteiger partial charge in [-0.25, -0.2) is 13.2 Å². The second-order valence-corrected chi connectivity index (χ2v) is 9.52. The van der Waals surface area contributed by atoms with Crippen LogP contribution in [0.1, 0.15) is 12.0 Å². The maximum absolute atomic E-state index is 12.9. The third-order valence-corrected chi connectivity index (χ3v) is 6.81. The van der Waals surface area contributed by atoms with Crippen molar-refractivity contribution in [2.24, 2.45) is 7.05 Å². The largest absolute Gasteiger partial charge is 0.419 e. The fourth-order valence-electron chi connectivity index (χ4n) is 2.95. The smallest absolute Gasteiger partial charge is 0.408 e. The third-order valence-electron chi connectivity index (χ3n) is 4.70. The maximum Gasteiger partial charge on any atom is 0.419 e. The normalized spacial score (nSPS) is 12.8. The van der Waals surface area contributed by atoms with Crippen molar-refractivity contribution in [1.82, 2.24) is 9.29 Å². The van der Waals surface area contributed by atoms with Crippen LogP contribution >= 0.6 is 11.8 Å². The number of carbonyl (C=O) groups is 1. The van der Waals surface area contributed by atoms with Gasteiger partial charge in [-0.05, 0) is 49.1 Å². The molecule has 1 aromatic heterocycles. The molecule has 3 rings (SSSR count). The van der Waals surface area contributed by atoms with E-state index >= 15 is 0 Å². The summed E-state index contributed by atoms with van der Waals surface area (Å²) in [7, 11) is -2.49. The molecule has 3 aromatic rings. The Kier molecular flexibility index (Phi) is 6.69. The van der Waals surface area contributed by atoms with Crippen LogP contribution in [0.5, 0.6) is 0 Å². The molecule has 0 saturated heterocycles. The van der Waals surface area contributed by atoms with Gasteiger partial charge in [0.2, 0.25) is 15.9 Å². The Balaban J connectivity index is 1.86. The van der Waals surface area contributed by atoms with Crippen LogP contribution in [0.15, 0.2) is 56.6 Å². The molecule has 0 aliphatic carbocycles. The Hall–Kier alpha value is -2.56. The molecule has 0 bridgehead atoms. The van der Waals surface area contributed by atoms with Crippen molar-refractivity contribution in [3.63, 3.8) is 0 Å². The number of oxazole rings is 1. The second kappa shape index (κ2) is 9.07.